The molecule has 0 unspecified atom stereocenters. The standard InChI is InChI=1S/C15H15N3O2S.ClH/c16-7-14-18-12(8-21-14)15(20)17-10-5-4-9-2-1-3-13(19)11(9)6-10;/h4-6,8H,1-3,7,16H2,(H,17,20);1H. The molecule has 1 aromatic heterocycles. The van der Waals surface area contributed by atoms with Crippen LogP contribution >= 0.6 is 23.7 Å². The van der Waals surface area contributed by atoms with Gasteiger partial charge in [0.05, 0.1) is 0 Å². The van der Waals surface area contributed by atoms with E-state index in [2.05, 4.69) is 10.3 Å². The first-order valence-corrected chi connectivity index (χ1v) is 7.67. The number of nitrogens with zero attached hydrogens (tertiary/aromatic N) is 1. The Hall–Kier alpha value is -1.76. The minimum absolute atomic E-state index is 0. The summed E-state index contributed by atoms with van der Waals surface area (Å²) in [4.78, 5) is 28.1. The lowest BCUT2D eigenvalue weighted by molar-refractivity contribution is 0.0970. The SMILES string of the molecule is Cl.NCc1nc(C(=O)Nc2ccc3c(c2)C(=O)CCC3)cs1. The normalized spacial score (nSPS) is 13.2. The van der Waals surface area contributed by atoms with E-state index in [1.54, 1.807) is 11.4 Å². The van der Waals surface area contributed by atoms with Gasteiger partial charge in [0.1, 0.15) is 10.7 Å². The number of amides is 1. The number of nitrogens with one attached hydrogen (secondary N) is 1. The zero-order chi connectivity index (χ0) is 14.8. The minimum Gasteiger partial charge on any atom is -0.325 e. The highest BCUT2D eigenvalue weighted by molar-refractivity contribution is 7.09. The molecule has 0 saturated heterocycles. The number of nitrogens with two attached hydrogens (primary N) is 1. The van der Waals surface area contributed by atoms with Gasteiger partial charge in [-0.25, -0.2) is 4.98 Å². The molecule has 3 rings (SSSR count). The highest BCUT2D eigenvalue weighted by Gasteiger charge is 2.18. The number of hydrogen-bond acceptors (Lipinski definition) is 5. The van der Waals surface area contributed by atoms with Crippen LogP contribution in [-0.4, -0.2) is 16.7 Å². The van der Waals surface area contributed by atoms with Crippen LogP contribution in [0.3, 0.4) is 0 Å². The summed E-state index contributed by atoms with van der Waals surface area (Å²) in [7, 11) is 0. The lowest BCUT2D eigenvalue weighted by Gasteiger charge is -2.15. The van der Waals surface area contributed by atoms with E-state index in [1.165, 1.54) is 11.3 Å². The molecule has 0 aliphatic heterocycles. The number of aromatic nitrogens is 1. The summed E-state index contributed by atoms with van der Waals surface area (Å²) < 4.78 is 0. The Morgan fingerprint density at radius 1 is 1.36 bits per heavy atom. The van der Waals surface area contributed by atoms with E-state index in [-0.39, 0.29) is 24.1 Å². The molecule has 7 heteroatoms. The Balaban J connectivity index is 0.00000176. The predicted molar refractivity (Wildman–Crippen MR) is 88.9 cm³/mol. The van der Waals surface area contributed by atoms with Gasteiger partial charge in [0.2, 0.25) is 0 Å². The summed E-state index contributed by atoms with van der Waals surface area (Å²) >= 11 is 1.36. The predicted octanol–water partition coefficient (Wildman–Crippen LogP) is 2.79. The quantitative estimate of drug-likeness (QED) is 0.901. The Bertz CT molecular complexity index is 715. The Kier molecular flexibility index (Phi) is 5.28. The van der Waals surface area contributed by atoms with Crippen molar-refractivity contribution in [2.24, 2.45) is 5.73 Å². The minimum atomic E-state index is -0.283. The third-order valence-corrected chi connectivity index (χ3v) is 4.35. The molecule has 22 heavy (non-hydrogen) atoms. The fourth-order valence-electron chi connectivity index (χ4n) is 2.41. The molecule has 0 fully saturated rings. The number of hydrogen-bond donors (Lipinski definition) is 2. The van der Waals surface area contributed by atoms with Crippen LogP contribution in [-0.2, 0) is 13.0 Å². The van der Waals surface area contributed by atoms with Crippen LogP contribution in [0.2, 0.25) is 0 Å². The molecule has 116 valence electrons. The summed E-state index contributed by atoms with van der Waals surface area (Å²) in [6, 6.07) is 5.49. The maximum Gasteiger partial charge on any atom is 0.275 e. The number of fused-ring (bicyclic) bond motifs is 1. The zero-order valence-corrected chi connectivity index (χ0v) is 13.4. The second-order valence-electron chi connectivity index (χ2n) is 4.93. The van der Waals surface area contributed by atoms with Gasteiger partial charge in [-0.3, -0.25) is 9.59 Å². The number of aryl methyl sites for hydroxylation is 1. The van der Waals surface area contributed by atoms with Crippen LogP contribution in [0.1, 0.15) is 44.3 Å². The van der Waals surface area contributed by atoms with Crippen LogP contribution in [0.25, 0.3) is 0 Å². The fourth-order valence-corrected chi connectivity index (χ4v) is 3.06. The van der Waals surface area contributed by atoms with E-state index in [0.29, 0.717) is 24.3 Å². The van der Waals surface area contributed by atoms with E-state index in [0.717, 1.165) is 29.0 Å². The Morgan fingerprint density at radius 2 is 2.18 bits per heavy atom. The molecule has 1 heterocycles. The largest absolute Gasteiger partial charge is 0.325 e. The van der Waals surface area contributed by atoms with Crippen molar-refractivity contribution >= 4 is 41.1 Å². The van der Waals surface area contributed by atoms with Crippen molar-refractivity contribution < 1.29 is 9.59 Å². The molecule has 0 radical (unpaired) electrons. The lowest BCUT2D eigenvalue weighted by Crippen LogP contribution is -2.15. The number of anilines is 1. The fraction of sp³-hybridized carbons (Fsp3) is 0.267. The summed E-state index contributed by atoms with van der Waals surface area (Å²) in [5, 5.41) is 5.18. The molecule has 0 saturated carbocycles. The molecule has 1 aliphatic carbocycles. The van der Waals surface area contributed by atoms with Crippen molar-refractivity contribution in [2.75, 3.05) is 5.32 Å². The summed E-state index contributed by atoms with van der Waals surface area (Å²) in [6.07, 6.45) is 2.40. The van der Waals surface area contributed by atoms with Gasteiger partial charge in [-0.1, -0.05) is 6.07 Å². The van der Waals surface area contributed by atoms with Gasteiger partial charge in [0.15, 0.2) is 5.78 Å². The van der Waals surface area contributed by atoms with Crippen molar-refractivity contribution in [3.8, 4) is 0 Å². The molecule has 2 aromatic rings. The molecule has 3 N–H and O–H groups in total. The van der Waals surface area contributed by atoms with Gasteiger partial charge in [-0.2, -0.15) is 0 Å². The number of halogens is 1. The van der Waals surface area contributed by atoms with Crippen molar-refractivity contribution in [2.45, 2.75) is 25.8 Å². The monoisotopic (exact) mass is 337 g/mol. The topological polar surface area (TPSA) is 85.1 Å². The van der Waals surface area contributed by atoms with Gasteiger partial charge in [0, 0.05) is 29.6 Å². The number of rotatable bonds is 3. The number of carbonyl (C=O) groups is 2. The summed E-state index contributed by atoms with van der Waals surface area (Å²) in [5.41, 5.74) is 8.24. The van der Waals surface area contributed by atoms with Gasteiger partial charge in [-0.05, 0) is 30.5 Å². The van der Waals surface area contributed by atoms with Crippen LogP contribution in [0.4, 0.5) is 5.69 Å². The third kappa shape index (κ3) is 3.35. The lowest BCUT2D eigenvalue weighted by atomic mass is 9.90. The van der Waals surface area contributed by atoms with Gasteiger partial charge in [-0.15, -0.1) is 23.7 Å². The van der Waals surface area contributed by atoms with Crippen LogP contribution < -0.4 is 11.1 Å². The smallest absolute Gasteiger partial charge is 0.275 e. The van der Waals surface area contributed by atoms with E-state index in [4.69, 9.17) is 5.73 Å². The number of thiazole rings is 1. The maximum absolute atomic E-state index is 12.1. The first-order chi connectivity index (χ1) is 10.2. The number of benzene rings is 1. The number of carbonyl (C=O) groups excluding carboxylic acids is 2. The second kappa shape index (κ2) is 7.00. The van der Waals surface area contributed by atoms with Crippen molar-refractivity contribution in [3.05, 3.63) is 45.4 Å². The molecule has 1 aromatic carbocycles. The first-order valence-electron chi connectivity index (χ1n) is 6.79. The molecule has 0 atom stereocenters. The zero-order valence-electron chi connectivity index (χ0n) is 11.8. The van der Waals surface area contributed by atoms with Gasteiger partial charge in [0.25, 0.3) is 5.91 Å². The molecule has 1 aliphatic rings. The third-order valence-electron chi connectivity index (χ3n) is 3.48. The van der Waals surface area contributed by atoms with E-state index >= 15 is 0 Å². The second-order valence-corrected chi connectivity index (χ2v) is 5.88. The average molecular weight is 338 g/mol. The maximum atomic E-state index is 12.1. The van der Waals surface area contributed by atoms with E-state index in [1.807, 2.05) is 12.1 Å². The highest BCUT2D eigenvalue weighted by atomic mass is 35.5. The van der Waals surface area contributed by atoms with Crippen LogP contribution in [0.15, 0.2) is 23.6 Å². The van der Waals surface area contributed by atoms with Crippen molar-refractivity contribution in [1.82, 2.24) is 4.98 Å². The molecular formula is C15H16ClN3O2S. The number of ketones is 1. The van der Waals surface area contributed by atoms with E-state index < -0.39 is 0 Å². The molecular weight excluding hydrogens is 322 g/mol. The summed E-state index contributed by atoms with van der Waals surface area (Å²) in [6.45, 7) is 0.325. The van der Waals surface area contributed by atoms with Crippen LogP contribution in [0, 0.1) is 0 Å². The van der Waals surface area contributed by atoms with Gasteiger partial charge >= 0.3 is 0 Å². The van der Waals surface area contributed by atoms with Gasteiger partial charge < -0.3 is 11.1 Å². The average Bonchev–Trinajstić information content (AvgIpc) is 2.97. The molecule has 0 bridgehead atoms. The molecule has 0 spiro atoms. The highest BCUT2D eigenvalue weighted by Crippen LogP contribution is 2.24. The van der Waals surface area contributed by atoms with E-state index in [9.17, 15) is 9.59 Å². The molecule has 5 nitrogen and oxygen atoms in total. The first kappa shape index (κ1) is 16.6. The van der Waals surface area contributed by atoms with Crippen LogP contribution in [0.5, 0.6) is 0 Å². The summed E-state index contributed by atoms with van der Waals surface area (Å²) in [5.74, 6) is -0.138. The van der Waals surface area contributed by atoms with Crippen molar-refractivity contribution in [3.63, 3.8) is 0 Å². The Morgan fingerprint density at radius 3 is 2.91 bits per heavy atom. The Labute approximate surface area is 138 Å². The number of Topliss-reactive ketones (excluding diaryl/α,β-unsaturated/α-hetero) is 1. The van der Waals surface area contributed by atoms with Crippen molar-refractivity contribution in [1.29, 1.82) is 0 Å². The molecule has 1 amide bonds.